The van der Waals surface area contributed by atoms with E-state index in [-0.39, 0.29) is 18.3 Å². The number of phenolic OH excluding ortho intramolecular Hbond substituents is 1. The summed E-state index contributed by atoms with van der Waals surface area (Å²) in [7, 11) is 0. The zero-order valence-corrected chi connectivity index (χ0v) is 15.3. The summed E-state index contributed by atoms with van der Waals surface area (Å²) in [5, 5.41) is 24.8. The van der Waals surface area contributed by atoms with Gasteiger partial charge in [0.15, 0.2) is 0 Å². The van der Waals surface area contributed by atoms with Gasteiger partial charge in [0, 0.05) is 18.8 Å². The number of benzene rings is 2. The molecule has 0 heterocycles. The van der Waals surface area contributed by atoms with E-state index in [2.05, 4.69) is 29.4 Å². The fourth-order valence-corrected chi connectivity index (χ4v) is 2.63. The van der Waals surface area contributed by atoms with Crippen LogP contribution in [0.25, 0.3) is 0 Å². The van der Waals surface area contributed by atoms with Crippen LogP contribution in [0, 0.1) is 0 Å². The lowest BCUT2D eigenvalue weighted by molar-refractivity contribution is 0.175. The van der Waals surface area contributed by atoms with Crippen molar-refractivity contribution in [2.45, 2.75) is 26.5 Å². The fraction of sp³-hybridized carbons (Fsp3) is 0.350. The van der Waals surface area contributed by atoms with Gasteiger partial charge in [0.05, 0.1) is 6.10 Å². The minimum atomic E-state index is -0.838. The van der Waals surface area contributed by atoms with Gasteiger partial charge in [0.1, 0.15) is 5.75 Å². The molecule has 0 spiro atoms. The van der Waals surface area contributed by atoms with Crippen LogP contribution in [0.2, 0.25) is 0 Å². The molecule has 0 bridgehead atoms. The molecule has 6 nitrogen and oxygen atoms in total. The molecule has 0 aliphatic rings. The number of rotatable bonds is 8. The molecule has 0 aliphatic carbocycles. The first-order valence-corrected chi connectivity index (χ1v) is 8.85. The van der Waals surface area contributed by atoms with Crippen LogP contribution in [0.5, 0.6) is 5.75 Å². The molecule has 0 saturated carbocycles. The van der Waals surface area contributed by atoms with Gasteiger partial charge in [0.25, 0.3) is 0 Å². The molecule has 140 valence electrons. The number of anilines is 1. The van der Waals surface area contributed by atoms with Crippen LogP contribution < -0.4 is 10.6 Å². The zero-order chi connectivity index (χ0) is 18.9. The zero-order valence-electron chi connectivity index (χ0n) is 15.3. The minimum Gasteiger partial charge on any atom is -0.508 e. The number of nitrogens with zero attached hydrogens (tertiary/aromatic N) is 1. The van der Waals surface area contributed by atoms with Crippen molar-refractivity contribution >= 4 is 11.7 Å². The summed E-state index contributed by atoms with van der Waals surface area (Å²) >= 11 is 0. The van der Waals surface area contributed by atoms with Crippen LogP contribution in [0.3, 0.4) is 0 Å². The van der Waals surface area contributed by atoms with Gasteiger partial charge in [-0.05, 0) is 48.5 Å². The molecule has 0 unspecified atom stereocenters. The first kappa shape index (κ1) is 19.8. The van der Waals surface area contributed by atoms with Gasteiger partial charge < -0.3 is 20.8 Å². The number of nitrogens with one attached hydrogen (secondary N) is 2. The highest BCUT2D eigenvalue weighted by molar-refractivity contribution is 5.89. The Morgan fingerprint density at radius 2 is 1.81 bits per heavy atom. The number of urea groups is 1. The second-order valence-electron chi connectivity index (χ2n) is 6.10. The van der Waals surface area contributed by atoms with Gasteiger partial charge in [-0.1, -0.05) is 38.1 Å². The van der Waals surface area contributed by atoms with Crippen molar-refractivity contribution in [3.05, 3.63) is 59.7 Å². The molecular formula is C20H27N3O3. The van der Waals surface area contributed by atoms with Crippen molar-refractivity contribution in [1.29, 1.82) is 0 Å². The van der Waals surface area contributed by atoms with Crippen LogP contribution in [0.15, 0.2) is 48.5 Å². The van der Waals surface area contributed by atoms with E-state index in [0.717, 1.165) is 25.2 Å². The summed E-state index contributed by atoms with van der Waals surface area (Å²) in [6, 6.07) is 13.6. The number of aromatic hydroxyl groups is 1. The summed E-state index contributed by atoms with van der Waals surface area (Å²) in [6.45, 7) is 7.12. The van der Waals surface area contributed by atoms with E-state index in [9.17, 15) is 15.0 Å². The van der Waals surface area contributed by atoms with E-state index in [1.807, 2.05) is 24.3 Å². The summed E-state index contributed by atoms with van der Waals surface area (Å²) in [5.74, 6) is 0.135. The van der Waals surface area contributed by atoms with Crippen LogP contribution in [0.1, 0.15) is 31.1 Å². The molecule has 0 aromatic heterocycles. The van der Waals surface area contributed by atoms with E-state index in [1.165, 1.54) is 12.1 Å². The highest BCUT2D eigenvalue weighted by atomic mass is 16.3. The largest absolute Gasteiger partial charge is 0.508 e. The molecule has 2 aromatic carbocycles. The third-order valence-electron chi connectivity index (χ3n) is 4.22. The maximum atomic E-state index is 12.1. The quantitative estimate of drug-likeness (QED) is 0.585. The fourth-order valence-electron chi connectivity index (χ4n) is 2.63. The third-order valence-corrected chi connectivity index (χ3v) is 4.22. The Balaban J connectivity index is 1.86. The van der Waals surface area contributed by atoms with Gasteiger partial charge in [-0.25, -0.2) is 4.79 Å². The maximum absolute atomic E-state index is 12.1. The van der Waals surface area contributed by atoms with Crippen LogP contribution >= 0.6 is 0 Å². The Labute approximate surface area is 154 Å². The molecule has 0 aliphatic heterocycles. The average Bonchev–Trinajstić information content (AvgIpc) is 2.65. The van der Waals surface area contributed by atoms with Crippen molar-refractivity contribution in [2.24, 2.45) is 0 Å². The van der Waals surface area contributed by atoms with E-state index < -0.39 is 6.10 Å². The lowest BCUT2D eigenvalue weighted by Crippen LogP contribution is -2.32. The Bertz CT molecular complexity index is 700. The summed E-state index contributed by atoms with van der Waals surface area (Å²) < 4.78 is 0. The van der Waals surface area contributed by atoms with Gasteiger partial charge in [0.2, 0.25) is 0 Å². The molecule has 0 radical (unpaired) electrons. The minimum absolute atomic E-state index is 0.0791. The Morgan fingerprint density at radius 3 is 2.46 bits per heavy atom. The van der Waals surface area contributed by atoms with Crippen molar-refractivity contribution in [3.63, 3.8) is 0 Å². The molecule has 4 N–H and O–H groups in total. The molecule has 2 rings (SSSR count). The molecule has 6 heteroatoms. The smallest absolute Gasteiger partial charge is 0.319 e. The summed E-state index contributed by atoms with van der Waals surface area (Å²) in [6.07, 6.45) is -0.838. The number of hydrogen-bond acceptors (Lipinski definition) is 4. The van der Waals surface area contributed by atoms with Crippen molar-refractivity contribution in [1.82, 2.24) is 10.2 Å². The van der Waals surface area contributed by atoms with Crippen LogP contribution in [-0.4, -0.2) is 40.8 Å². The topological polar surface area (TPSA) is 84.8 Å². The average molecular weight is 357 g/mol. The van der Waals surface area contributed by atoms with E-state index in [0.29, 0.717) is 11.3 Å². The van der Waals surface area contributed by atoms with Gasteiger partial charge in [-0.15, -0.1) is 0 Å². The molecule has 1 atom stereocenters. The lowest BCUT2D eigenvalue weighted by Gasteiger charge is -2.18. The predicted molar refractivity (Wildman–Crippen MR) is 103 cm³/mol. The Morgan fingerprint density at radius 1 is 1.12 bits per heavy atom. The Hall–Kier alpha value is -2.57. The number of phenols is 1. The molecule has 2 aromatic rings. The molecule has 26 heavy (non-hydrogen) atoms. The number of amides is 2. The lowest BCUT2D eigenvalue weighted by atomic mass is 10.1. The number of hydrogen-bond donors (Lipinski definition) is 4. The number of carbonyl (C=O) groups is 1. The second kappa shape index (κ2) is 9.79. The van der Waals surface area contributed by atoms with E-state index >= 15 is 0 Å². The predicted octanol–water partition coefficient (Wildman–Crippen LogP) is 3.09. The van der Waals surface area contributed by atoms with Crippen molar-refractivity contribution in [3.8, 4) is 5.75 Å². The molecule has 0 saturated heterocycles. The first-order chi connectivity index (χ1) is 12.5. The van der Waals surface area contributed by atoms with E-state index in [1.54, 1.807) is 12.1 Å². The van der Waals surface area contributed by atoms with Gasteiger partial charge in [-0.3, -0.25) is 4.90 Å². The summed E-state index contributed by atoms with van der Waals surface area (Å²) in [4.78, 5) is 14.4. The standard InChI is InChI=1S/C20H27N3O3/c1-3-23(4-2)14-15-6-5-7-17(12-15)22-20(26)21-13-19(25)16-8-10-18(24)11-9-16/h5-12,19,24-25H,3-4,13-14H2,1-2H3,(H2,21,22,26)/t19-/m1/s1. The monoisotopic (exact) mass is 357 g/mol. The summed E-state index contributed by atoms with van der Waals surface area (Å²) in [5.41, 5.74) is 2.48. The Kier molecular flexibility index (Phi) is 7.44. The normalized spacial score (nSPS) is 12.0. The van der Waals surface area contributed by atoms with Crippen LogP contribution in [0.4, 0.5) is 10.5 Å². The SMILES string of the molecule is CCN(CC)Cc1cccc(NC(=O)NC[C@@H](O)c2ccc(O)cc2)c1. The molecular weight excluding hydrogens is 330 g/mol. The number of carbonyl (C=O) groups excluding carboxylic acids is 1. The third kappa shape index (κ3) is 6.06. The molecule has 0 fully saturated rings. The molecule has 2 amide bonds. The first-order valence-electron chi connectivity index (χ1n) is 8.85. The van der Waals surface area contributed by atoms with E-state index in [4.69, 9.17) is 0 Å². The number of aliphatic hydroxyl groups is 1. The van der Waals surface area contributed by atoms with Gasteiger partial charge in [-0.2, -0.15) is 0 Å². The van der Waals surface area contributed by atoms with Crippen molar-refractivity contribution in [2.75, 3.05) is 25.0 Å². The second-order valence-corrected chi connectivity index (χ2v) is 6.10. The highest BCUT2D eigenvalue weighted by Gasteiger charge is 2.10. The highest BCUT2D eigenvalue weighted by Crippen LogP contribution is 2.16. The van der Waals surface area contributed by atoms with Crippen molar-refractivity contribution < 1.29 is 15.0 Å². The number of aliphatic hydroxyl groups excluding tert-OH is 1. The van der Waals surface area contributed by atoms with Gasteiger partial charge >= 0.3 is 6.03 Å². The maximum Gasteiger partial charge on any atom is 0.319 e. The van der Waals surface area contributed by atoms with Crippen LogP contribution in [-0.2, 0) is 6.54 Å².